The zero-order valence-corrected chi connectivity index (χ0v) is 23.0. The summed E-state index contributed by atoms with van der Waals surface area (Å²) in [5.74, 6) is 0. The maximum atomic E-state index is 13.9. The summed E-state index contributed by atoms with van der Waals surface area (Å²) in [6.07, 6.45) is 0. The van der Waals surface area contributed by atoms with Crippen LogP contribution < -0.4 is 13.1 Å². The van der Waals surface area contributed by atoms with Crippen molar-refractivity contribution in [3.8, 4) is 0 Å². The Hall–Kier alpha value is -2.65. The van der Waals surface area contributed by atoms with Gasteiger partial charge in [0.05, 0.1) is 0 Å². The van der Waals surface area contributed by atoms with Crippen molar-refractivity contribution in [2.24, 2.45) is 0 Å². The summed E-state index contributed by atoms with van der Waals surface area (Å²) in [4.78, 5) is 0.165. The van der Waals surface area contributed by atoms with Crippen molar-refractivity contribution in [3.05, 3.63) is 119 Å². The molecule has 0 spiro atoms. The third-order valence-corrected chi connectivity index (χ3v) is 21.3. The van der Waals surface area contributed by atoms with Crippen molar-refractivity contribution >= 4 is 36.0 Å². The van der Waals surface area contributed by atoms with Gasteiger partial charge < -0.3 is 0 Å². The molecule has 0 aromatic heterocycles. The average Bonchev–Trinajstić information content (AvgIpc) is 2.80. The molecule has 0 aliphatic carbocycles. The van der Waals surface area contributed by atoms with Gasteiger partial charge in [-0.25, -0.2) is 0 Å². The molecule has 0 amide bonds. The van der Waals surface area contributed by atoms with Gasteiger partial charge in [0.1, 0.15) is 0 Å². The molecule has 0 bridgehead atoms. The number of hydrogen-bond acceptors (Lipinski definition) is 3. The number of hydrogen-bond donors (Lipinski definition) is 0. The number of aryl methyl sites for hydroxylation is 4. The molecule has 4 rings (SSSR count). The fourth-order valence-corrected chi connectivity index (χ4v) is 18.2. The second-order valence-electron chi connectivity index (χ2n) is 9.31. The summed E-state index contributed by atoms with van der Waals surface area (Å²) in [6.45, 7) is 8.02. The van der Waals surface area contributed by atoms with E-state index in [2.05, 4.69) is 0 Å². The Balaban J connectivity index is 2.10. The summed E-state index contributed by atoms with van der Waals surface area (Å²) >= 11 is -4.71. The molecule has 0 saturated carbocycles. The molecule has 5 heteroatoms. The van der Waals surface area contributed by atoms with Crippen LogP contribution in [-0.4, -0.2) is 21.2 Å². The van der Waals surface area contributed by atoms with Crippen LogP contribution in [0.25, 0.3) is 0 Å². The van der Waals surface area contributed by atoms with Crippen molar-refractivity contribution in [3.63, 3.8) is 0 Å². The Labute approximate surface area is 204 Å². The first-order chi connectivity index (χ1) is 16.0. The van der Waals surface area contributed by atoms with Gasteiger partial charge in [0, 0.05) is 0 Å². The van der Waals surface area contributed by atoms with E-state index in [-0.39, 0.29) is 4.90 Å². The quantitative estimate of drug-likeness (QED) is 0.332. The first-order valence-corrected chi connectivity index (χ1v) is 18.2. The molecule has 4 aromatic rings. The van der Waals surface area contributed by atoms with Gasteiger partial charge in [0.2, 0.25) is 0 Å². The van der Waals surface area contributed by atoms with Crippen LogP contribution in [-0.2, 0) is 13.3 Å². The van der Waals surface area contributed by atoms with Crippen LogP contribution in [0.3, 0.4) is 0 Å². The molecule has 0 unspecified atom stereocenters. The zero-order chi connectivity index (χ0) is 24.6. The molecule has 0 N–H and O–H groups in total. The third kappa shape index (κ3) is 4.27. The van der Waals surface area contributed by atoms with Gasteiger partial charge in [0.15, 0.2) is 0 Å². The topological polar surface area (TPSA) is 43.4 Å². The van der Waals surface area contributed by atoms with E-state index in [0.29, 0.717) is 0 Å². The minimum absolute atomic E-state index is 0.165. The fourth-order valence-electron chi connectivity index (χ4n) is 4.28. The third-order valence-electron chi connectivity index (χ3n) is 6.56. The second-order valence-corrected chi connectivity index (χ2v) is 21.2. The van der Waals surface area contributed by atoms with Crippen LogP contribution in [0.4, 0.5) is 0 Å². The molecule has 0 heterocycles. The zero-order valence-electron chi connectivity index (χ0n) is 20.3. The Bertz CT molecular complexity index is 1290. The van der Waals surface area contributed by atoms with Crippen LogP contribution in [0.5, 0.6) is 0 Å². The monoisotopic (exact) mass is 534 g/mol. The van der Waals surface area contributed by atoms with E-state index in [4.69, 9.17) is 3.17 Å². The molecular weight excluding hydrogens is 503 g/mol. The van der Waals surface area contributed by atoms with Crippen LogP contribution in [0.2, 0.25) is 5.71 Å². The van der Waals surface area contributed by atoms with Gasteiger partial charge in [-0.2, -0.15) is 0 Å². The summed E-state index contributed by atoms with van der Waals surface area (Å²) < 4.78 is 37.2. The van der Waals surface area contributed by atoms with Gasteiger partial charge in [-0.1, -0.05) is 0 Å². The van der Waals surface area contributed by atoms with Gasteiger partial charge in [-0.05, 0) is 0 Å². The molecule has 3 nitrogen and oxygen atoms in total. The molecule has 4 aromatic carbocycles. The van der Waals surface area contributed by atoms with Crippen molar-refractivity contribution < 1.29 is 11.6 Å². The number of benzene rings is 4. The van der Waals surface area contributed by atoms with Crippen molar-refractivity contribution in [2.45, 2.75) is 38.3 Å². The summed E-state index contributed by atoms with van der Waals surface area (Å²) in [6, 6.07) is 31.2. The van der Waals surface area contributed by atoms with Crippen LogP contribution in [0.1, 0.15) is 22.3 Å². The van der Waals surface area contributed by atoms with E-state index < -0.39 is 22.9 Å². The predicted molar refractivity (Wildman–Crippen MR) is 144 cm³/mol. The van der Waals surface area contributed by atoms with Crippen LogP contribution >= 0.6 is 0 Å². The number of rotatable bonds is 6. The molecular formula is C29H31AsO3S. The fraction of sp³-hybridized carbons (Fsp3) is 0.172. The molecule has 34 heavy (non-hydrogen) atoms. The second kappa shape index (κ2) is 8.85. The van der Waals surface area contributed by atoms with Crippen molar-refractivity contribution in [1.29, 1.82) is 0 Å². The van der Waals surface area contributed by atoms with E-state index in [1.54, 1.807) is 24.3 Å². The van der Waals surface area contributed by atoms with E-state index in [1.807, 2.05) is 106 Å². The molecule has 0 radical (unpaired) electrons. The summed E-state index contributed by atoms with van der Waals surface area (Å²) in [5, 5.41) is 0. The van der Waals surface area contributed by atoms with Gasteiger partial charge in [-0.3, -0.25) is 0 Å². The average molecular weight is 535 g/mol. The molecule has 0 fully saturated rings. The molecule has 0 saturated heterocycles. The molecule has 0 aliphatic heterocycles. The summed E-state index contributed by atoms with van der Waals surface area (Å²) in [7, 11) is -4.09. The minimum atomic E-state index is -4.71. The Kier molecular flexibility index (Phi) is 6.37. The van der Waals surface area contributed by atoms with E-state index in [0.717, 1.165) is 35.3 Å². The van der Waals surface area contributed by atoms with Crippen LogP contribution in [0.15, 0.2) is 102 Å². The normalized spacial score (nSPS) is 13.3. The maximum absolute atomic E-state index is 13.9. The Morgan fingerprint density at radius 1 is 0.500 bits per heavy atom. The van der Waals surface area contributed by atoms with Gasteiger partial charge in [0.25, 0.3) is 0 Å². The first-order valence-electron chi connectivity index (χ1n) is 11.3. The van der Waals surface area contributed by atoms with E-state index >= 15 is 0 Å². The van der Waals surface area contributed by atoms with Crippen molar-refractivity contribution in [2.75, 3.05) is 0 Å². The molecule has 176 valence electrons. The van der Waals surface area contributed by atoms with E-state index in [9.17, 15) is 8.42 Å². The van der Waals surface area contributed by atoms with Crippen molar-refractivity contribution in [1.82, 2.24) is 0 Å². The SMILES string of the molecule is Cc1ccc(S(=O)(=O)O[As](C)(c2ccc(C)cc2)(c2ccc(C)cc2)c2ccc(C)cc2)cc1. The van der Waals surface area contributed by atoms with Gasteiger partial charge in [-0.15, -0.1) is 0 Å². The molecule has 0 aliphatic rings. The van der Waals surface area contributed by atoms with Gasteiger partial charge >= 0.3 is 205 Å². The van der Waals surface area contributed by atoms with E-state index in [1.165, 1.54) is 0 Å². The molecule has 0 atom stereocenters. The van der Waals surface area contributed by atoms with Crippen LogP contribution in [0, 0.1) is 27.7 Å². The standard InChI is InChI=1S/C29H31AsO3S/c1-22-6-14-26(15-7-22)30(5,27-16-8-23(2)9-17-27,28-18-10-24(3)11-19-28)33-34(31,32)29-20-12-25(4)13-21-29/h6-21H,1-5H3. The first kappa shape index (κ1) is 24.5. The summed E-state index contributed by atoms with van der Waals surface area (Å²) in [5.41, 5.74) is 6.36. The predicted octanol–water partition coefficient (Wildman–Crippen LogP) is 4.88. The Morgan fingerprint density at radius 2 is 0.765 bits per heavy atom. The Morgan fingerprint density at radius 3 is 1.06 bits per heavy atom.